The smallest absolute Gasteiger partial charge is 0.242 e. The molecule has 0 aliphatic carbocycles. The molecule has 0 saturated heterocycles. The molecule has 0 aromatic heterocycles. The van der Waals surface area contributed by atoms with E-state index < -0.39 is 11.9 Å². The second kappa shape index (κ2) is 11.6. The number of rotatable bonds is 10. The number of benzene rings is 2. The maximum atomic E-state index is 14.2. The van der Waals surface area contributed by atoms with E-state index in [0.29, 0.717) is 23.6 Å². The molecule has 4 nitrogen and oxygen atoms in total. The topological polar surface area (TPSA) is 49.4 Å². The first-order chi connectivity index (χ1) is 13.9. The lowest BCUT2D eigenvalue weighted by Crippen LogP contribution is -2.48. The molecule has 0 saturated carbocycles. The zero-order chi connectivity index (χ0) is 21.2. The Morgan fingerprint density at radius 2 is 1.76 bits per heavy atom. The van der Waals surface area contributed by atoms with E-state index in [-0.39, 0.29) is 24.8 Å². The highest BCUT2D eigenvalue weighted by molar-refractivity contribution is 6.31. The minimum atomic E-state index is -0.704. The van der Waals surface area contributed by atoms with Crippen LogP contribution in [0.15, 0.2) is 48.5 Å². The SMILES string of the molecule is CCCCNC(=O)C(C)N(Cc1ccccc1F)C(=O)CCc1ccccc1Cl. The quantitative estimate of drug-likeness (QED) is 0.566. The molecule has 2 aromatic rings. The number of unbranched alkanes of at least 4 members (excludes halogenated alkanes) is 1. The molecule has 1 unspecified atom stereocenters. The summed E-state index contributed by atoms with van der Waals surface area (Å²) in [5.41, 5.74) is 1.25. The van der Waals surface area contributed by atoms with Crippen LogP contribution in [-0.4, -0.2) is 29.3 Å². The first-order valence-corrected chi connectivity index (χ1v) is 10.4. The van der Waals surface area contributed by atoms with E-state index in [1.54, 1.807) is 31.2 Å². The van der Waals surface area contributed by atoms with Crippen molar-refractivity contribution in [2.45, 2.75) is 52.1 Å². The number of nitrogens with zero attached hydrogens (tertiary/aromatic N) is 1. The van der Waals surface area contributed by atoms with E-state index in [1.165, 1.54) is 11.0 Å². The van der Waals surface area contributed by atoms with Gasteiger partial charge in [-0.05, 0) is 37.5 Å². The van der Waals surface area contributed by atoms with Crippen LogP contribution in [0.5, 0.6) is 0 Å². The van der Waals surface area contributed by atoms with Crippen LogP contribution in [0.2, 0.25) is 5.02 Å². The Morgan fingerprint density at radius 1 is 1.10 bits per heavy atom. The third-order valence-corrected chi connectivity index (χ3v) is 5.23. The summed E-state index contributed by atoms with van der Waals surface area (Å²) in [5.74, 6) is -0.845. The number of carbonyl (C=O) groups excluding carboxylic acids is 2. The zero-order valence-electron chi connectivity index (χ0n) is 17.0. The van der Waals surface area contributed by atoms with Gasteiger partial charge < -0.3 is 10.2 Å². The number of aryl methyl sites for hydroxylation is 1. The number of nitrogens with one attached hydrogen (secondary N) is 1. The van der Waals surface area contributed by atoms with Crippen molar-refractivity contribution in [1.29, 1.82) is 0 Å². The molecule has 2 aromatic carbocycles. The molecule has 156 valence electrons. The van der Waals surface area contributed by atoms with Crippen LogP contribution in [-0.2, 0) is 22.6 Å². The predicted molar refractivity (Wildman–Crippen MR) is 114 cm³/mol. The monoisotopic (exact) mass is 418 g/mol. The van der Waals surface area contributed by atoms with E-state index in [0.717, 1.165) is 18.4 Å². The van der Waals surface area contributed by atoms with Crippen molar-refractivity contribution in [2.24, 2.45) is 0 Å². The average Bonchev–Trinajstić information content (AvgIpc) is 2.72. The third kappa shape index (κ3) is 6.86. The fourth-order valence-electron chi connectivity index (χ4n) is 3.02. The minimum Gasteiger partial charge on any atom is -0.354 e. The standard InChI is InChI=1S/C23H28ClFN2O2/c1-3-4-15-26-23(29)17(2)27(16-19-10-6-8-12-21(19)25)22(28)14-13-18-9-5-7-11-20(18)24/h5-12,17H,3-4,13-16H2,1-2H3,(H,26,29). The maximum Gasteiger partial charge on any atom is 0.242 e. The molecule has 0 bridgehead atoms. The maximum absolute atomic E-state index is 14.2. The Morgan fingerprint density at radius 3 is 2.41 bits per heavy atom. The lowest BCUT2D eigenvalue weighted by molar-refractivity contribution is -0.140. The number of carbonyl (C=O) groups is 2. The van der Waals surface area contributed by atoms with Gasteiger partial charge in [0.2, 0.25) is 11.8 Å². The first kappa shape index (κ1) is 22.9. The summed E-state index contributed by atoms with van der Waals surface area (Å²) in [5, 5.41) is 3.46. The van der Waals surface area contributed by atoms with Crippen LogP contribution in [0.3, 0.4) is 0 Å². The van der Waals surface area contributed by atoms with Gasteiger partial charge in [0, 0.05) is 30.1 Å². The lowest BCUT2D eigenvalue weighted by Gasteiger charge is -2.29. The number of hydrogen-bond acceptors (Lipinski definition) is 2. The van der Waals surface area contributed by atoms with E-state index in [4.69, 9.17) is 11.6 Å². The number of hydrogen-bond donors (Lipinski definition) is 1. The zero-order valence-corrected chi connectivity index (χ0v) is 17.7. The average molecular weight is 419 g/mol. The lowest BCUT2D eigenvalue weighted by atomic mass is 10.1. The van der Waals surface area contributed by atoms with Crippen molar-refractivity contribution in [1.82, 2.24) is 10.2 Å². The highest BCUT2D eigenvalue weighted by Crippen LogP contribution is 2.19. The van der Waals surface area contributed by atoms with Crippen molar-refractivity contribution in [3.05, 3.63) is 70.5 Å². The summed E-state index contributed by atoms with van der Waals surface area (Å²) in [6.45, 7) is 4.31. The third-order valence-electron chi connectivity index (χ3n) is 4.86. The van der Waals surface area contributed by atoms with Gasteiger partial charge in [0.15, 0.2) is 0 Å². The van der Waals surface area contributed by atoms with Crippen LogP contribution in [0.4, 0.5) is 4.39 Å². The molecule has 6 heteroatoms. The molecule has 0 fully saturated rings. The summed E-state index contributed by atoms with van der Waals surface area (Å²) in [6.07, 6.45) is 2.47. The normalized spacial score (nSPS) is 11.7. The first-order valence-electron chi connectivity index (χ1n) is 9.98. The molecule has 0 heterocycles. The van der Waals surface area contributed by atoms with Crippen molar-refractivity contribution in [3.63, 3.8) is 0 Å². The van der Waals surface area contributed by atoms with Gasteiger partial charge in [0.1, 0.15) is 11.9 Å². The second-order valence-corrected chi connectivity index (χ2v) is 7.43. The number of amides is 2. The summed E-state index contributed by atoms with van der Waals surface area (Å²) < 4.78 is 14.2. The van der Waals surface area contributed by atoms with Crippen LogP contribution < -0.4 is 5.32 Å². The van der Waals surface area contributed by atoms with E-state index in [2.05, 4.69) is 5.32 Å². The van der Waals surface area contributed by atoms with Crippen LogP contribution in [0, 0.1) is 5.82 Å². The Balaban J connectivity index is 2.14. The minimum absolute atomic E-state index is 0.0381. The van der Waals surface area contributed by atoms with Gasteiger partial charge in [0.25, 0.3) is 0 Å². The van der Waals surface area contributed by atoms with Crippen molar-refractivity contribution < 1.29 is 14.0 Å². The molecule has 2 rings (SSSR count). The van der Waals surface area contributed by atoms with E-state index in [9.17, 15) is 14.0 Å². The summed E-state index contributed by atoms with van der Waals surface area (Å²) in [7, 11) is 0. The molecular formula is C23H28ClFN2O2. The Bertz CT molecular complexity index is 828. The van der Waals surface area contributed by atoms with Crippen LogP contribution in [0.1, 0.15) is 44.2 Å². The van der Waals surface area contributed by atoms with Gasteiger partial charge >= 0.3 is 0 Å². The molecule has 0 spiro atoms. The molecule has 2 amide bonds. The van der Waals surface area contributed by atoms with Crippen LogP contribution in [0.25, 0.3) is 0 Å². The largest absolute Gasteiger partial charge is 0.354 e. The fraction of sp³-hybridized carbons (Fsp3) is 0.391. The Kier molecular flexibility index (Phi) is 9.13. The molecule has 0 radical (unpaired) electrons. The van der Waals surface area contributed by atoms with E-state index in [1.807, 2.05) is 25.1 Å². The molecular weight excluding hydrogens is 391 g/mol. The Labute approximate surface area is 177 Å². The van der Waals surface area contributed by atoms with Gasteiger partial charge in [-0.25, -0.2) is 4.39 Å². The summed E-state index contributed by atoms with van der Waals surface area (Å²) >= 11 is 6.18. The molecule has 0 aliphatic heterocycles. The van der Waals surface area contributed by atoms with Gasteiger partial charge in [-0.2, -0.15) is 0 Å². The molecule has 29 heavy (non-hydrogen) atoms. The Hall–Kier alpha value is -2.40. The van der Waals surface area contributed by atoms with Crippen molar-refractivity contribution in [3.8, 4) is 0 Å². The van der Waals surface area contributed by atoms with Gasteiger partial charge in [-0.15, -0.1) is 0 Å². The fourth-order valence-corrected chi connectivity index (χ4v) is 3.25. The number of halogens is 2. The summed E-state index contributed by atoms with van der Waals surface area (Å²) in [6, 6.07) is 13.0. The highest BCUT2D eigenvalue weighted by Gasteiger charge is 2.26. The van der Waals surface area contributed by atoms with Crippen molar-refractivity contribution in [2.75, 3.05) is 6.54 Å². The molecule has 0 aliphatic rings. The van der Waals surface area contributed by atoms with Gasteiger partial charge in [-0.1, -0.05) is 61.3 Å². The molecule has 1 atom stereocenters. The second-order valence-electron chi connectivity index (χ2n) is 7.03. The summed E-state index contributed by atoms with van der Waals surface area (Å²) in [4.78, 5) is 27.0. The van der Waals surface area contributed by atoms with E-state index >= 15 is 0 Å². The predicted octanol–water partition coefficient (Wildman–Crippen LogP) is 4.75. The van der Waals surface area contributed by atoms with Crippen LogP contribution >= 0.6 is 11.6 Å². The van der Waals surface area contributed by atoms with Crippen molar-refractivity contribution >= 4 is 23.4 Å². The van der Waals surface area contributed by atoms with Gasteiger partial charge in [-0.3, -0.25) is 9.59 Å². The highest BCUT2D eigenvalue weighted by atomic mass is 35.5. The molecule has 1 N–H and O–H groups in total. The van der Waals surface area contributed by atoms with Gasteiger partial charge in [0.05, 0.1) is 0 Å².